The number of nitrogens with one attached hydrogen (secondary N) is 1. The van der Waals surface area contributed by atoms with Gasteiger partial charge in [-0.3, -0.25) is 14.9 Å². The molecule has 0 fully saturated rings. The highest BCUT2D eigenvalue weighted by Crippen LogP contribution is 2.30. The van der Waals surface area contributed by atoms with Gasteiger partial charge < -0.3 is 9.73 Å². The number of anilines is 1. The van der Waals surface area contributed by atoms with Crippen LogP contribution in [-0.2, 0) is 0 Å². The van der Waals surface area contributed by atoms with Gasteiger partial charge in [0.25, 0.3) is 11.6 Å². The van der Waals surface area contributed by atoms with Crippen LogP contribution in [0.2, 0.25) is 5.02 Å². The van der Waals surface area contributed by atoms with Crippen molar-refractivity contribution < 1.29 is 14.1 Å². The summed E-state index contributed by atoms with van der Waals surface area (Å²) >= 11 is 5.96. The van der Waals surface area contributed by atoms with Gasteiger partial charge in [0.05, 0.1) is 4.92 Å². The molecule has 0 aliphatic heterocycles. The van der Waals surface area contributed by atoms with Crippen LogP contribution in [0, 0.1) is 24.0 Å². The molecule has 1 aromatic heterocycles. The van der Waals surface area contributed by atoms with Gasteiger partial charge in [-0.1, -0.05) is 17.7 Å². The topological polar surface area (TPSA) is 85.4 Å². The summed E-state index contributed by atoms with van der Waals surface area (Å²) in [6.45, 7) is 3.48. The minimum atomic E-state index is -0.549. The molecular formula is C17H13ClN2O4. The molecule has 1 N–H and O–H groups in total. The van der Waals surface area contributed by atoms with E-state index in [1.807, 2.05) is 0 Å². The van der Waals surface area contributed by atoms with E-state index in [1.165, 1.54) is 12.1 Å². The smallest absolute Gasteiger partial charge is 0.293 e. The number of fused-ring (bicyclic) bond motifs is 1. The third-order valence-electron chi connectivity index (χ3n) is 3.70. The van der Waals surface area contributed by atoms with Crippen LogP contribution in [0.3, 0.4) is 0 Å². The molecule has 0 radical (unpaired) electrons. The van der Waals surface area contributed by atoms with E-state index in [-0.39, 0.29) is 17.1 Å². The first-order chi connectivity index (χ1) is 11.4. The Hall–Kier alpha value is -2.86. The highest BCUT2D eigenvalue weighted by molar-refractivity contribution is 6.31. The van der Waals surface area contributed by atoms with Crippen molar-refractivity contribution in [3.8, 4) is 0 Å². The predicted octanol–water partition coefficient (Wildman–Crippen LogP) is 4.86. The minimum Gasteiger partial charge on any atom is -0.451 e. The molecule has 0 aliphatic carbocycles. The van der Waals surface area contributed by atoms with Crippen LogP contribution in [-0.4, -0.2) is 10.8 Å². The Bertz CT molecular complexity index is 978. The molecule has 1 amide bonds. The summed E-state index contributed by atoms with van der Waals surface area (Å²) in [5, 5.41) is 15.0. The van der Waals surface area contributed by atoms with Crippen molar-refractivity contribution in [2.75, 3.05) is 5.32 Å². The second-order valence-electron chi connectivity index (χ2n) is 5.43. The van der Waals surface area contributed by atoms with Crippen molar-refractivity contribution in [3.63, 3.8) is 0 Å². The summed E-state index contributed by atoms with van der Waals surface area (Å²) in [5.74, 6) is -0.450. The second kappa shape index (κ2) is 5.98. The van der Waals surface area contributed by atoms with Crippen molar-refractivity contribution in [1.82, 2.24) is 0 Å². The highest BCUT2D eigenvalue weighted by atomic mass is 35.5. The number of furan rings is 1. The number of aryl methyl sites for hydroxylation is 2. The zero-order valence-electron chi connectivity index (χ0n) is 12.9. The molecule has 7 heteroatoms. The van der Waals surface area contributed by atoms with Gasteiger partial charge >= 0.3 is 0 Å². The monoisotopic (exact) mass is 344 g/mol. The number of hydrogen-bond donors (Lipinski definition) is 1. The molecule has 0 unspecified atom stereocenters. The molecule has 0 atom stereocenters. The van der Waals surface area contributed by atoms with Crippen molar-refractivity contribution in [3.05, 3.63) is 68.4 Å². The molecule has 1 heterocycles. The number of nitro groups is 1. The fourth-order valence-electron chi connectivity index (χ4n) is 2.49. The van der Waals surface area contributed by atoms with E-state index in [4.69, 9.17) is 16.0 Å². The maximum atomic E-state index is 12.5. The molecule has 0 saturated carbocycles. The number of nitrogens with zero attached hydrogens (tertiary/aromatic N) is 1. The Morgan fingerprint density at radius 3 is 2.67 bits per heavy atom. The molecule has 0 bridgehead atoms. The van der Waals surface area contributed by atoms with E-state index < -0.39 is 10.8 Å². The molecule has 2 aromatic carbocycles. The van der Waals surface area contributed by atoms with Gasteiger partial charge in [0.2, 0.25) is 0 Å². The molecule has 0 aliphatic rings. The van der Waals surface area contributed by atoms with Crippen LogP contribution in [0.1, 0.15) is 21.7 Å². The Kier molecular flexibility index (Phi) is 3.99. The average Bonchev–Trinajstić information content (AvgIpc) is 2.85. The Labute approximate surface area is 142 Å². The third kappa shape index (κ3) is 2.83. The highest BCUT2D eigenvalue weighted by Gasteiger charge is 2.21. The van der Waals surface area contributed by atoms with Gasteiger partial charge in [0.1, 0.15) is 11.3 Å². The molecule has 3 aromatic rings. The van der Waals surface area contributed by atoms with E-state index >= 15 is 0 Å². The van der Waals surface area contributed by atoms with Crippen LogP contribution in [0.5, 0.6) is 0 Å². The van der Waals surface area contributed by atoms with Crippen LogP contribution in [0.15, 0.2) is 40.8 Å². The van der Waals surface area contributed by atoms with Gasteiger partial charge in [0, 0.05) is 22.0 Å². The average molecular weight is 345 g/mol. The quantitative estimate of drug-likeness (QED) is 0.543. The number of carbonyl (C=O) groups excluding carboxylic acids is 1. The fraction of sp³-hybridized carbons (Fsp3) is 0.118. The summed E-state index contributed by atoms with van der Waals surface area (Å²) in [6, 6.07) is 9.64. The van der Waals surface area contributed by atoms with Crippen LogP contribution in [0.4, 0.5) is 11.4 Å². The SMILES string of the molecule is Cc1ccc(NC(=O)c2oc3ccc(Cl)cc3c2C)c([N+](=O)[O-])c1. The van der Waals surface area contributed by atoms with Crippen molar-refractivity contribution in [2.24, 2.45) is 0 Å². The molecule has 0 saturated heterocycles. The lowest BCUT2D eigenvalue weighted by Gasteiger charge is -2.05. The van der Waals surface area contributed by atoms with E-state index in [1.54, 1.807) is 38.1 Å². The fourth-order valence-corrected chi connectivity index (χ4v) is 2.66. The molecule has 3 rings (SSSR count). The number of halogens is 1. The molecular weight excluding hydrogens is 332 g/mol. The van der Waals surface area contributed by atoms with Crippen molar-refractivity contribution in [1.29, 1.82) is 0 Å². The minimum absolute atomic E-state index is 0.0992. The first-order valence-corrected chi connectivity index (χ1v) is 7.49. The molecule has 0 spiro atoms. The summed E-state index contributed by atoms with van der Waals surface area (Å²) in [4.78, 5) is 23.1. The van der Waals surface area contributed by atoms with Gasteiger partial charge in [-0.25, -0.2) is 0 Å². The van der Waals surface area contributed by atoms with Gasteiger partial charge in [-0.2, -0.15) is 0 Å². The normalized spacial score (nSPS) is 10.8. The van der Waals surface area contributed by atoms with E-state index in [0.29, 0.717) is 16.2 Å². The van der Waals surface area contributed by atoms with Crippen molar-refractivity contribution >= 4 is 39.9 Å². The molecule has 24 heavy (non-hydrogen) atoms. The summed E-state index contributed by atoms with van der Waals surface area (Å²) in [6.07, 6.45) is 0. The van der Waals surface area contributed by atoms with Crippen LogP contribution >= 0.6 is 11.6 Å². The van der Waals surface area contributed by atoms with Crippen LogP contribution in [0.25, 0.3) is 11.0 Å². The van der Waals surface area contributed by atoms with E-state index in [2.05, 4.69) is 5.32 Å². The first-order valence-electron chi connectivity index (χ1n) is 7.12. The number of hydrogen-bond acceptors (Lipinski definition) is 4. The molecule has 6 nitrogen and oxygen atoms in total. The van der Waals surface area contributed by atoms with Gasteiger partial charge in [-0.05, 0) is 43.7 Å². The number of carbonyl (C=O) groups is 1. The summed E-state index contributed by atoms with van der Waals surface area (Å²) in [7, 11) is 0. The Morgan fingerprint density at radius 1 is 1.21 bits per heavy atom. The number of rotatable bonds is 3. The summed E-state index contributed by atoms with van der Waals surface area (Å²) in [5.41, 5.74) is 1.84. The second-order valence-corrected chi connectivity index (χ2v) is 5.86. The zero-order valence-corrected chi connectivity index (χ0v) is 13.7. The van der Waals surface area contributed by atoms with E-state index in [9.17, 15) is 14.9 Å². The van der Waals surface area contributed by atoms with Crippen LogP contribution < -0.4 is 5.32 Å². The Morgan fingerprint density at radius 2 is 1.96 bits per heavy atom. The lowest BCUT2D eigenvalue weighted by atomic mass is 10.1. The summed E-state index contributed by atoms with van der Waals surface area (Å²) < 4.78 is 5.57. The lowest BCUT2D eigenvalue weighted by Crippen LogP contribution is -2.13. The molecule has 122 valence electrons. The number of nitro benzene ring substituents is 1. The maximum Gasteiger partial charge on any atom is 0.293 e. The first kappa shape index (κ1) is 16.0. The Balaban J connectivity index is 1.99. The predicted molar refractivity (Wildman–Crippen MR) is 91.7 cm³/mol. The van der Waals surface area contributed by atoms with E-state index in [0.717, 1.165) is 10.9 Å². The number of benzene rings is 2. The number of amides is 1. The standard InChI is InChI=1S/C17H13ClN2O4/c1-9-3-5-13(14(7-9)20(22)23)19-17(21)16-10(2)12-8-11(18)4-6-15(12)24-16/h3-8H,1-2H3,(H,19,21). The third-order valence-corrected chi connectivity index (χ3v) is 3.94. The maximum absolute atomic E-state index is 12.5. The zero-order chi connectivity index (χ0) is 17.4. The van der Waals surface area contributed by atoms with Crippen molar-refractivity contribution in [2.45, 2.75) is 13.8 Å². The van der Waals surface area contributed by atoms with Gasteiger partial charge in [-0.15, -0.1) is 0 Å². The largest absolute Gasteiger partial charge is 0.451 e. The van der Waals surface area contributed by atoms with Gasteiger partial charge in [0.15, 0.2) is 5.76 Å². The lowest BCUT2D eigenvalue weighted by molar-refractivity contribution is -0.384.